The maximum absolute atomic E-state index is 5.85. The Morgan fingerprint density at radius 1 is 1.56 bits per heavy atom. The molecule has 0 amide bonds. The van der Waals surface area contributed by atoms with E-state index in [4.69, 9.17) is 4.74 Å². The van der Waals surface area contributed by atoms with Crippen molar-refractivity contribution in [2.75, 3.05) is 7.05 Å². The summed E-state index contributed by atoms with van der Waals surface area (Å²) in [7, 11) is 1.96. The summed E-state index contributed by atoms with van der Waals surface area (Å²) >= 11 is 0. The van der Waals surface area contributed by atoms with E-state index in [0.29, 0.717) is 12.2 Å². The average molecular weight is 223 g/mol. The highest BCUT2D eigenvalue weighted by atomic mass is 16.5. The van der Waals surface area contributed by atoms with E-state index in [1.807, 2.05) is 13.2 Å². The van der Waals surface area contributed by atoms with Crippen molar-refractivity contribution < 1.29 is 4.74 Å². The molecule has 0 aliphatic carbocycles. The summed E-state index contributed by atoms with van der Waals surface area (Å²) in [6.45, 7) is 6.00. The molecule has 4 nitrogen and oxygen atoms in total. The highest BCUT2D eigenvalue weighted by Crippen LogP contribution is 2.21. The number of ether oxygens (including phenoxy) is 1. The minimum atomic E-state index is 0.360. The Labute approximate surface area is 97.0 Å². The summed E-state index contributed by atoms with van der Waals surface area (Å²) in [6.07, 6.45) is 5.07. The van der Waals surface area contributed by atoms with Crippen LogP contribution in [0.4, 0.5) is 0 Å². The van der Waals surface area contributed by atoms with Crippen molar-refractivity contribution in [2.24, 2.45) is 0 Å². The lowest BCUT2D eigenvalue weighted by Gasteiger charge is -2.15. The van der Waals surface area contributed by atoms with Crippen LogP contribution < -0.4 is 5.32 Å². The van der Waals surface area contributed by atoms with E-state index in [1.165, 1.54) is 12.1 Å². The fraction of sp³-hybridized carbons (Fsp3) is 0.750. The van der Waals surface area contributed by atoms with Crippen LogP contribution in [0, 0.1) is 6.92 Å². The number of aryl methyl sites for hydroxylation is 1. The van der Waals surface area contributed by atoms with Crippen LogP contribution in [-0.2, 0) is 17.8 Å². The maximum Gasteiger partial charge on any atom is 0.105 e. The molecular formula is C12H21N3O. The van der Waals surface area contributed by atoms with E-state index in [-0.39, 0.29) is 0 Å². The van der Waals surface area contributed by atoms with Crippen LogP contribution in [0.25, 0.3) is 0 Å². The molecule has 2 rings (SSSR count). The number of hydrogen-bond acceptors (Lipinski definition) is 3. The molecular weight excluding hydrogens is 202 g/mol. The van der Waals surface area contributed by atoms with Crippen molar-refractivity contribution in [1.29, 1.82) is 0 Å². The normalized spacial score (nSPS) is 25.2. The molecule has 0 radical (unpaired) electrons. The molecule has 1 N–H and O–H groups in total. The molecule has 1 aromatic heterocycles. The zero-order chi connectivity index (χ0) is 11.5. The van der Waals surface area contributed by atoms with Crippen molar-refractivity contribution in [3.8, 4) is 0 Å². The minimum absolute atomic E-state index is 0.360. The second kappa shape index (κ2) is 4.97. The predicted molar refractivity (Wildman–Crippen MR) is 63.3 cm³/mol. The number of rotatable bonds is 4. The SMILES string of the molecule is CNCc1cnc(C)n1CC1CCC(C)O1. The Morgan fingerprint density at radius 3 is 3.00 bits per heavy atom. The third-order valence-corrected chi connectivity index (χ3v) is 3.20. The predicted octanol–water partition coefficient (Wildman–Crippen LogP) is 1.48. The van der Waals surface area contributed by atoms with Gasteiger partial charge >= 0.3 is 0 Å². The lowest BCUT2D eigenvalue weighted by molar-refractivity contribution is 0.0449. The van der Waals surface area contributed by atoms with Gasteiger partial charge in [0.15, 0.2) is 0 Å². The first-order chi connectivity index (χ1) is 7.70. The first-order valence-electron chi connectivity index (χ1n) is 6.01. The molecule has 1 fully saturated rings. The van der Waals surface area contributed by atoms with E-state index < -0.39 is 0 Å². The van der Waals surface area contributed by atoms with Crippen molar-refractivity contribution in [1.82, 2.24) is 14.9 Å². The zero-order valence-corrected chi connectivity index (χ0v) is 10.4. The fourth-order valence-electron chi connectivity index (χ4n) is 2.31. The van der Waals surface area contributed by atoms with Gasteiger partial charge in [-0.3, -0.25) is 0 Å². The maximum atomic E-state index is 5.85. The highest BCUT2D eigenvalue weighted by Gasteiger charge is 2.23. The summed E-state index contributed by atoms with van der Waals surface area (Å²) in [5, 5.41) is 3.17. The second-order valence-corrected chi connectivity index (χ2v) is 4.58. The third-order valence-electron chi connectivity index (χ3n) is 3.20. The Hall–Kier alpha value is -0.870. The van der Waals surface area contributed by atoms with Crippen LogP contribution in [0.3, 0.4) is 0 Å². The molecule has 4 heteroatoms. The lowest BCUT2D eigenvalue weighted by atomic mass is 10.2. The number of nitrogens with zero attached hydrogens (tertiary/aromatic N) is 2. The molecule has 0 spiro atoms. The number of nitrogens with one attached hydrogen (secondary N) is 1. The molecule has 0 bridgehead atoms. The summed E-state index contributed by atoms with van der Waals surface area (Å²) in [4.78, 5) is 4.36. The van der Waals surface area contributed by atoms with Crippen LogP contribution in [0.15, 0.2) is 6.20 Å². The van der Waals surface area contributed by atoms with Gasteiger partial charge in [0.05, 0.1) is 24.4 Å². The smallest absolute Gasteiger partial charge is 0.105 e. The summed E-state index contributed by atoms with van der Waals surface area (Å²) in [5.74, 6) is 1.08. The summed E-state index contributed by atoms with van der Waals surface area (Å²) < 4.78 is 8.12. The Balaban J connectivity index is 2.05. The van der Waals surface area contributed by atoms with Gasteiger partial charge in [-0.2, -0.15) is 0 Å². The average Bonchev–Trinajstić information content (AvgIpc) is 2.79. The van der Waals surface area contributed by atoms with E-state index in [0.717, 1.165) is 25.3 Å². The molecule has 2 unspecified atom stereocenters. The molecule has 90 valence electrons. The molecule has 1 aromatic rings. The van der Waals surface area contributed by atoms with E-state index in [9.17, 15) is 0 Å². The van der Waals surface area contributed by atoms with Crippen LogP contribution >= 0.6 is 0 Å². The monoisotopic (exact) mass is 223 g/mol. The zero-order valence-electron chi connectivity index (χ0n) is 10.4. The van der Waals surface area contributed by atoms with E-state index in [2.05, 4.69) is 28.7 Å². The van der Waals surface area contributed by atoms with Crippen LogP contribution in [0.2, 0.25) is 0 Å². The second-order valence-electron chi connectivity index (χ2n) is 4.58. The molecule has 0 aromatic carbocycles. The molecule has 1 aliphatic rings. The highest BCUT2D eigenvalue weighted by molar-refractivity contribution is 5.04. The van der Waals surface area contributed by atoms with Crippen molar-refractivity contribution in [2.45, 2.75) is 52.0 Å². The third kappa shape index (κ3) is 2.44. The number of imidazole rings is 1. The fourth-order valence-corrected chi connectivity index (χ4v) is 2.31. The van der Waals surface area contributed by atoms with Gasteiger partial charge in [-0.05, 0) is 33.7 Å². The molecule has 1 aliphatic heterocycles. The van der Waals surface area contributed by atoms with Gasteiger partial charge in [-0.25, -0.2) is 4.98 Å². The van der Waals surface area contributed by atoms with Crippen LogP contribution in [0.5, 0.6) is 0 Å². The van der Waals surface area contributed by atoms with Gasteiger partial charge in [0.1, 0.15) is 5.82 Å². The lowest BCUT2D eigenvalue weighted by Crippen LogP contribution is -2.20. The molecule has 2 atom stereocenters. The molecule has 2 heterocycles. The standard InChI is InChI=1S/C12H21N3O/c1-9-4-5-12(16-9)8-15-10(2)14-7-11(15)6-13-3/h7,9,12-13H,4-6,8H2,1-3H3. The van der Waals surface area contributed by atoms with Gasteiger partial charge in [0.25, 0.3) is 0 Å². The van der Waals surface area contributed by atoms with Crippen molar-refractivity contribution >= 4 is 0 Å². The number of hydrogen-bond donors (Lipinski definition) is 1. The quantitative estimate of drug-likeness (QED) is 0.840. The van der Waals surface area contributed by atoms with Gasteiger partial charge in [0, 0.05) is 12.7 Å². The first kappa shape index (κ1) is 11.6. The largest absolute Gasteiger partial charge is 0.373 e. The van der Waals surface area contributed by atoms with Crippen molar-refractivity contribution in [3.05, 3.63) is 17.7 Å². The summed E-state index contributed by atoms with van der Waals surface area (Å²) in [6, 6.07) is 0. The van der Waals surface area contributed by atoms with Crippen LogP contribution in [-0.4, -0.2) is 28.8 Å². The molecule has 0 saturated carbocycles. The Kier molecular flexibility index (Phi) is 3.61. The van der Waals surface area contributed by atoms with E-state index >= 15 is 0 Å². The topological polar surface area (TPSA) is 39.1 Å². The first-order valence-corrected chi connectivity index (χ1v) is 6.01. The van der Waals surface area contributed by atoms with E-state index in [1.54, 1.807) is 0 Å². The van der Waals surface area contributed by atoms with Gasteiger partial charge in [-0.1, -0.05) is 0 Å². The van der Waals surface area contributed by atoms with Crippen LogP contribution in [0.1, 0.15) is 31.3 Å². The minimum Gasteiger partial charge on any atom is -0.373 e. The Bertz CT molecular complexity index is 348. The van der Waals surface area contributed by atoms with Gasteiger partial charge in [-0.15, -0.1) is 0 Å². The Morgan fingerprint density at radius 2 is 2.38 bits per heavy atom. The van der Waals surface area contributed by atoms with Gasteiger partial charge < -0.3 is 14.6 Å². The van der Waals surface area contributed by atoms with Crippen molar-refractivity contribution in [3.63, 3.8) is 0 Å². The summed E-state index contributed by atoms with van der Waals surface area (Å²) in [5.41, 5.74) is 1.24. The number of aromatic nitrogens is 2. The van der Waals surface area contributed by atoms with Gasteiger partial charge in [0.2, 0.25) is 0 Å². The molecule has 1 saturated heterocycles. The molecule has 16 heavy (non-hydrogen) atoms.